The van der Waals surface area contributed by atoms with Gasteiger partial charge in [0.1, 0.15) is 0 Å². The van der Waals surface area contributed by atoms with Gasteiger partial charge in [0.2, 0.25) is 0 Å². The molecule has 0 bridgehead atoms. The SMILES string of the molecule is CCCN1CCC(Nc2cccc(Cl)c2Br)CC1. The van der Waals surface area contributed by atoms with Crippen molar-refractivity contribution in [1.82, 2.24) is 4.90 Å². The fourth-order valence-electron chi connectivity index (χ4n) is 2.45. The third kappa shape index (κ3) is 3.62. The smallest absolute Gasteiger partial charge is 0.0593 e. The van der Waals surface area contributed by atoms with Crippen molar-refractivity contribution in [3.63, 3.8) is 0 Å². The quantitative estimate of drug-likeness (QED) is 0.880. The van der Waals surface area contributed by atoms with Crippen LogP contribution in [-0.4, -0.2) is 30.6 Å². The number of nitrogens with zero attached hydrogens (tertiary/aromatic N) is 1. The first-order valence-corrected chi connectivity index (χ1v) is 7.80. The second-order valence-electron chi connectivity index (χ2n) is 4.86. The second-order valence-corrected chi connectivity index (χ2v) is 6.06. The molecule has 1 N–H and O–H groups in total. The Hall–Kier alpha value is -0.250. The van der Waals surface area contributed by atoms with E-state index in [9.17, 15) is 0 Å². The molecule has 0 aromatic heterocycles. The van der Waals surface area contributed by atoms with Gasteiger partial charge in [-0.15, -0.1) is 0 Å². The van der Waals surface area contributed by atoms with Crippen molar-refractivity contribution in [2.45, 2.75) is 32.2 Å². The van der Waals surface area contributed by atoms with Crippen LogP contribution < -0.4 is 5.32 Å². The predicted octanol–water partition coefficient (Wildman–Crippen LogP) is 4.39. The Balaban J connectivity index is 1.90. The maximum absolute atomic E-state index is 6.10. The third-order valence-corrected chi connectivity index (χ3v) is 4.84. The summed E-state index contributed by atoms with van der Waals surface area (Å²) in [6, 6.07) is 6.53. The van der Waals surface area contributed by atoms with Crippen molar-refractivity contribution in [3.05, 3.63) is 27.7 Å². The summed E-state index contributed by atoms with van der Waals surface area (Å²) in [6.45, 7) is 5.87. The molecule has 2 nitrogen and oxygen atoms in total. The van der Waals surface area contributed by atoms with Gasteiger partial charge < -0.3 is 10.2 Å². The van der Waals surface area contributed by atoms with E-state index in [1.807, 2.05) is 12.1 Å². The van der Waals surface area contributed by atoms with E-state index in [1.165, 1.54) is 38.9 Å². The highest BCUT2D eigenvalue weighted by molar-refractivity contribution is 9.10. The van der Waals surface area contributed by atoms with Gasteiger partial charge in [0, 0.05) is 19.1 Å². The molecule has 1 saturated heterocycles. The highest BCUT2D eigenvalue weighted by Gasteiger charge is 2.19. The van der Waals surface area contributed by atoms with Gasteiger partial charge >= 0.3 is 0 Å². The van der Waals surface area contributed by atoms with Crippen LogP contribution in [0.1, 0.15) is 26.2 Å². The maximum atomic E-state index is 6.10. The van der Waals surface area contributed by atoms with Crippen molar-refractivity contribution in [3.8, 4) is 0 Å². The lowest BCUT2D eigenvalue weighted by Gasteiger charge is -2.32. The van der Waals surface area contributed by atoms with Crippen LogP contribution in [0.5, 0.6) is 0 Å². The fraction of sp³-hybridized carbons (Fsp3) is 0.571. The topological polar surface area (TPSA) is 15.3 Å². The first-order chi connectivity index (χ1) is 8.70. The van der Waals surface area contributed by atoms with Gasteiger partial charge in [0.05, 0.1) is 15.2 Å². The van der Waals surface area contributed by atoms with E-state index in [2.05, 4.69) is 39.1 Å². The molecule has 0 unspecified atom stereocenters. The van der Waals surface area contributed by atoms with E-state index < -0.39 is 0 Å². The Morgan fingerprint density at radius 3 is 2.78 bits per heavy atom. The fourth-order valence-corrected chi connectivity index (χ4v) is 3.01. The zero-order valence-electron chi connectivity index (χ0n) is 10.8. The summed E-state index contributed by atoms with van der Waals surface area (Å²) in [5.41, 5.74) is 1.11. The molecule has 1 aliphatic heterocycles. The Morgan fingerprint density at radius 1 is 1.39 bits per heavy atom. The summed E-state index contributed by atoms with van der Waals surface area (Å²) in [6.07, 6.45) is 3.66. The molecule has 4 heteroatoms. The first kappa shape index (κ1) is 14.2. The van der Waals surface area contributed by atoms with E-state index in [-0.39, 0.29) is 0 Å². The summed E-state index contributed by atoms with van der Waals surface area (Å²) in [4.78, 5) is 2.55. The maximum Gasteiger partial charge on any atom is 0.0593 e. The molecule has 1 heterocycles. The van der Waals surface area contributed by atoms with Gasteiger partial charge in [-0.05, 0) is 53.9 Å². The molecule has 1 aliphatic rings. The number of nitrogens with one attached hydrogen (secondary N) is 1. The monoisotopic (exact) mass is 330 g/mol. The first-order valence-electron chi connectivity index (χ1n) is 6.63. The average molecular weight is 332 g/mol. The third-order valence-electron chi connectivity index (χ3n) is 3.44. The van der Waals surface area contributed by atoms with E-state index in [0.29, 0.717) is 6.04 Å². The molecule has 0 spiro atoms. The lowest BCUT2D eigenvalue weighted by atomic mass is 10.0. The van der Waals surface area contributed by atoms with Crippen LogP contribution in [0.25, 0.3) is 0 Å². The minimum atomic E-state index is 0.563. The summed E-state index contributed by atoms with van der Waals surface area (Å²) in [5.74, 6) is 0. The Kier molecular flexibility index (Phi) is 5.34. The van der Waals surface area contributed by atoms with Gasteiger partial charge in [-0.2, -0.15) is 0 Å². The van der Waals surface area contributed by atoms with Crippen LogP contribution in [0.2, 0.25) is 5.02 Å². The predicted molar refractivity (Wildman–Crippen MR) is 82.5 cm³/mol. The van der Waals surface area contributed by atoms with Gasteiger partial charge in [0.15, 0.2) is 0 Å². The van der Waals surface area contributed by atoms with E-state index in [4.69, 9.17) is 11.6 Å². The largest absolute Gasteiger partial charge is 0.381 e. The number of hydrogen-bond donors (Lipinski definition) is 1. The molecule has 100 valence electrons. The zero-order valence-corrected chi connectivity index (χ0v) is 13.1. The van der Waals surface area contributed by atoms with Crippen molar-refractivity contribution >= 4 is 33.2 Å². The summed E-state index contributed by atoms with van der Waals surface area (Å²) in [7, 11) is 0. The molecular formula is C14H20BrClN2. The molecular weight excluding hydrogens is 312 g/mol. The lowest BCUT2D eigenvalue weighted by Crippen LogP contribution is -2.39. The van der Waals surface area contributed by atoms with Gasteiger partial charge in [-0.25, -0.2) is 0 Å². The molecule has 1 fully saturated rings. The van der Waals surface area contributed by atoms with Crippen LogP contribution >= 0.6 is 27.5 Å². The van der Waals surface area contributed by atoms with Crippen LogP contribution in [-0.2, 0) is 0 Å². The van der Waals surface area contributed by atoms with Crippen molar-refractivity contribution in [2.75, 3.05) is 25.0 Å². The van der Waals surface area contributed by atoms with Crippen molar-refractivity contribution < 1.29 is 0 Å². The standard InChI is InChI=1S/C14H20BrClN2/c1-2-8-18-9-6-11(7-10-18)17-13-5-3-4-12(16)14(13)15/h3-5,11,17H,2,6-10H2,1H3. The molecule has 0 atom stereocenters. The number of halogens is 2. The van der Waals surface area contributed by atoms with Gasteiger partial charge in [-0.1, -0.05) is 24.6 Å². The molecule has 2 rings (SSSR count). The van der Waals surface area contributed by atoms with Crippen molar-refractivity contribution in [1.29, 1.82) is 0 Å². The Labute approximate surface area is 123 Å². The zero-order chi connectivity index (χ0) is 13.0. The highest BCUT2D eigenvalue weighted by Crippen LogP contribution is 2.31. The minimum Gasteiger partial charge on any atom is -0.381 e. The van der Waals surface area contributed by atoms with Crippen LogP contribution in [0.4, 0.5) is 5.69 Å². The highest BCUT2D eigenvalue weighted by atomic mass is 79.9. The summed E-state index contributed by atoms with van der Waals surface area (Å²) < 4.78 is 0.975. The number of rotatable bonds is 4. The summed E-state index contributed by atoms with van der Waals surface area (Å²) >= 11 is 9.64. The number of benzene rings is 1. The molecule has 18 heavy (non-hydrogen) atoms. The van der Waals surface area contributed by atoms with E-state index in [0.717, 1.165) is 15.2 Å². The summed E-state index contributed by atoms with van der Waals surface area (Å²) in [5, 5.41) is 4.36. The molecule has 1 aromatic carbocycles. The molecule has 0 amide bonds. The number of likely N-dealkylation sites (tertiary alicyclic amines) is 1. The van der Waals surface area contributed by atoms with Crippen molar-refractivity contribution in [2.24, 2.45) is 0 Å². The Bertz CT molecular complexity index is 389. The van der Waals surface area contributed by atoms with Crippen LogP contribution in [0.3, 0.4) is 0 Å². The normalized spacial score (nSPS) is 17.9. The minimum absolute atomic E-state index is 0.563. The molecule has 0 radical (unpaired) electrons. The lowest BCUT2D eigenvalue weighted by molar-refractivity contribution is 0.219. The van der Waals surface area contributed by atoms with E-state index in [1.54, 1.807) is 0 Å². The number of piperidine rings is 1. The van der Waals surface area contributed by atoms with Gasteiger partial charge in [0.25, 0.3) is 0 Å². The van der Waals surface area contributed by atoms with Crippen LogP contribution in [0.15, 0.2) is 22.7 Å². The molecule has 0 saturated carbocycles. The van der Waals surface area contributed by atoms with E-state index >= 15 is 0 Å². The molecule has 0 aliphatic carbocycles. The number of anilines is 1. The average Bonchev–Trinajstić information content (AvgIpc) is 2.38. The molecule has 1 aromatic rings. The van der Waals surface area contributed by atoms with Gasteiger partial charge in [-0.3, -0.25) is 0 Å². The Morgan fingerprint density at radius 2 is 2.11 bits per heavy atom. The number of hydrogen-bond acceptors (Lipinski definition) is 2. The van der Waals surface area contributed by atoms with Crippen LogP contribution in [0, 0.1) is 0 Å². The second kappa shape index (κ2) is 6.78.